The molecule has 0 bridgehead atoms. The minimum atomic E-state index is -3.74. The second-order valence-corrected chi connectivity index (χ2v) is 6.62. The number of hydrogen-bond donors (Lipinski definition) is 3. The van der Waals surface area contributed by atoms with Crippen molar-refractivity contribution >= 4 is 33.0 Å². The van der Waals surface area contributed by atoms with Crippen molar-refractivity contribution in [1.29, 1.82) is 0 Å². The highest BCUT2D eigenvalue weighted by Gasteiger charge is 2.20. The zero-order valence-electron chi connectivity index (χ0n) is 11.3. The lowest BCUT2D eigenvalue weighted by atomic mass is 10.2. The summed E-state index contributed by atoms with van der Waals surface area (Å²) < 4.78 is 27.2. The van der Waals surface area contributed by atoms with Crippen LogP contribution in [0.15, 0.2) is 17.0 Å². The molecule has 0 spiro atoms. The van der Waals surface area contributed by atoms with Crippen molar-refractivity contribution in [3.05, 3.63) is 34.1 Å². The number of hydrogen-bond acceptors (Lipinski definition) is 4. The Labute approximate surface area is 122 Å². The van der Waals surface area contributed by atoms with Gasteiger partial charge in [0.1, 0.15) is 0 Å². The van der Waals surface area contributed by atoms with Crippen molar-refractivity contribution in [2.24, 2.45) is 0 Å². The number of sulfonamides is 1. The van der Waals surface area contributed by atoms with E-state index in [9.17, 15) is 8.42 Å². The Balaban J connectivity index is 2.46. The summed E-state index contributed by atoms with van der Waals surface area (Å²) in [6, 6.07) is 2.81. The van der Waals surface area contributed by atoms with Crippen LogP contribution in [0.3, 0.4) is 0 Å². The Bertz CT molecular complexity index is 725. The molecule has 0 aliphatic heterocycles. The van der Waals surface area contributed by atoms with Gasteiger partial charge < -0.3 is 5.73 Å². The lowest BCUT2D eigenvalue weighted by molar-refractivity contribution is 0.601. The lowest BCUT2D eigenvalue weighted by Gasteiger charge is -2.11. The van der Waals surface area contributed by atoms with E-state index >= 15 is 0 Å². The Hall–Kier alpha value is -1.73. The van der Waals surface area contributed by atoms with Gasteiger partial charge in [0.2, 0.25) is 0 Å². The number of aromatic nitrogens is 2. The van der Waals surface area contributed by atoms with Crippen LogP contribution in [0.5, 0.6) is 0 Å². The third-order valence-corrected chi connectivity index (χ3v) is 4.78. The maximum atomic E-state index is 12.4. The van der Waals surface area contributed by atoms with Crippen LogP contribution in [-0.2, 0) is 10.0 Å². The number of H-pyrrole nitrogens is 1. The van der Waals surface area contributed by atoms with E-state index in [0.717, 1.165) is 0 Å². The molecule has 1 aromatic heterocycles. The first-order valence-electron chi connectivity index (χ1n) is 5.82. The second kappa shape index (κ2) is 4.99. The van der Waals surface area contributed by atoms with Crippen LogP contribution < -0.4 is 10.5 Å². The Morgan fingerprint density at radius 3 is 2.45 bits per heavy atom. The molecule has 2 aromatic rings. The van der Waals surface area contributed by atoms with Crippen LogP contribution in [0, 0.1) is 20.8 Å². The molecule has 6 nitrogen and oxygen atoms in total. The third-order valence-electron chi connectivity index (χ3n) is 2.93. The Morgan fingerprint density at radius 2 is 1.95 bits per heavy atom. The molecule has 0 radical (unpaired) electrons. The van der Waals surface area contributed by atoms with Crippen molar-refractivity contribution in [3.8, 4) is 0 Å². The van der Waals surface area contributed by atoms with Crippen LogP contribution in [0.1, 0.15) is 17.0 Å². The summed E-state index contributed by atoms with van der Waals surface area (Å²) >= 11 is 5.94. The monoisotopic (exact) mass is 314 g/mol. The fourth-order valence-electron chi connectivity index (χ4n) is 1.81. The van der Waals surface area contributed by atoms with E-state index in [4.69, 9.17) is 17.3 Å². The van der Waals surface area contributed by atoms with E-state index in [1.54, 1.807) is 20.8 Å². The van der Waals surface area contributed by atoms with Crippen molar-refractivity contribution in [1.82, 2.24) is 10.2 Å². The maximum absolute atomic E-state index is 12.4. The number of nitrogen functional groups attached to an aromatic ring is 1. The van der Waals surface area contributed by atoms with Gasteiger partial charge in [-0.1, -0.05) is 11.6 Å². The largest absolute Gasteiger partial charge is 0.397 e. The molecule has 0 saturated heterocycles. The van der Waals surface area contributed by atoms with Crippen LogP contribution in [0.2, 0.25) is 5.02 Å². The van der Waals surface area contributed by atoms with Crippen LogP contribution >= 0.6 is 11.6 Å². The highest BCUT2D eigenvalue weighted by molar-refractivity contribution is 7.92. The quantitative estimate of drug-likeness (QED) is 0.757. The molecule has 1 heterocycles. The minimum Gasteiger partial charge on any atom is -0.397 e. The topological polar surface area (TPSA) is 101 Å². The molecule has 0 atom stereocenters. The number of aryl methyl sites for hydroxylation is 3. The Morgan fingerprint density at radius 1 is 1.30 bits per heavy atom. The fraction of sp³-hybridized carbons (Fsp3) is 0.250. The van der Waals surface area contributed by atoms with Gasteiger partial charge in [-0.2, -0.15) is 5.10 Å². The molecule has 0 amide bonds. The van der Waals surface area contributed by atoms with E-state index in [0.29, 0.717) is 27.7 Å². The molecule has 8 heteroatoms. The first-order chi connectivity index (χ1) is 9.22. The lowest BCUT2D eigenvalue weighted by Crippen LogP contribution is -2.14. The summed E-state index contributed by atoms with van der Waals surface area (Å²) in [7, 11) is -3.74. The summed E-state index contributed by atoms with van der Waals surface area (Å²) in [4.78, 5) is 0.0666. The molecule has 0 saturated carbocycles. The van der Waals surface area contributed by atoms with E-state index in [1.807, 2.05) is 0 Å². The summed E-state index contributed by atoms with van der Waals surface area (Å²) in [5, 5.41) is 7.03. The number of benzene rings is 1. The van der Waals surface area contributed by atoms with E-state index in [-0.39, 0.29) is 10.6 Å². The van der Waals surface area contributed by atoms with E-state index in [2.05, 4.69) is 14.9 Å². The average molecular weight is 315 g/mol. The SMILES string of the molecule is Cc1cc(S(=O)(=O)Nc2c(C)n[nH]c2C)cc(N)c1Cl. The van der Waals surface area contributed by atoms with Crippen LogP contribution in [0.4, 0.5) is 11.4 Å². The van der Waals surface area contributed by atoms with Gasteiger partial charge in [0.05, 0.1) is 32.7 Å². The first-order valence-corrected chi connectivity index (χ1v) is 7.68. The van der Waals surface area contributed by atoms with E-state index < -0.39 is 10.0 Å². The summed E-state index contributed by atoms with van der Waals surface area (Å²) in [5.41, 5.74) is 8.20. The van der Waals surface area contributed by atoms with Gasteiger partial charge >= 0.3 is 0 Å². The molecule has 108 valence electrons. The molecular weight excluding hydrogens is 300 g/mol. The van der Waals surface area contributed by atoms with Gasteiger partial charge in [-0.25, -0.2) is 8.42 Å². The van der Waals surface area contributed by atoms with E-state index in [1.165, 1.54) is 12.1 Å². The highest BCUT2D eigenvalue weighted by Crippen LogP contribution is 2.28. The number of nitrogens with two attached hydrogens (primary N) is 1. The predicted molar refractivity (Wildman–Crippen MR) is 79.5 cm³/mol. The molecule has 0 aliphatic carbocycles. The number of aromatic amines is 1. The summed E-state index contributed by atoms with van der Waals surface area (Å²) in [5.74, 6) is 0. The molecule has 4 N–H and O–H groups in total. The number of halogens is 1. The molecule has 0 unspecified atom stereocenters. The van der Waals surface area contributed by atoms with Gasteiger partial charge in [-0.05, 0) is 38.5 Å². The summed E-state index contributed by atoms with van der Waals surface area (Å²) in [6.45, 7) is 5.15. The normalized spacial score (nSPS) is 11.6. The van der Waals surface area contributed by atoms with Crippen molar-refractivity contribution in [2.75, 3.05) is 10.5 Å². The molecule has 20 heavy (non-hydrogen) atoms. The number of nitrogens with one attached hydrogen (secondary N) is 2. The second-order valence-electron chi connectivity index (χ2n) is 4.56. The molecule has 2 rings (SSSR count). The standard InChI is InChI=1S/C12H15ClN4O2S/c1-6-4-9(5-10(14)11(6)13)20(18,19)17-12-7(2)15-16-8(12)3/h4-5,17H,14H2,1-3H3,(H,15,16). The van der Waals surface area contributed by atoms with Gasteiger partial charge in [0, 0.05) is 0 Å². The van der Waals surface area contributed by atoms with Crippen molar-refractivity contribution in [2.45, 2.75) is 25.7 Å². The third kappa shape index (κ3) is 2.59. The van der Waals surface area contributed by atoms with Gasteiger partial charge in [-0.3, -0.25) is 9.82 Å². The van der Waals surface area contributed by atoms with Gasteiger partial charge in [0.25, 0.3) is 10.0 Å². The molecule has 0 aliphatic rings. The highest BCUT2D eigenvalue weighted by atomic mass is 35.5. The zero-order valence-corrected chi connectivity index (χ0v) is 12.9. The Kier molecular flexibility index (Phi) is 3.66. The zero-order chi connectivity index (χ0) is 15.1. The van der Waals surface area contributed by atoms with Crippen molar-refractivity contribution < 1.29 is 8.42 Å². The first kappa shape index (κ1) is 14.7. The van der Waals surface area contributed by atoms with Crippen LogP contribution in [0.25, 0.3) is 0 Å². The average Bonchev–Trinajstić information content (AvgIpc) is 2.66. The van der Waals surface area contributed by atoms with Gasteiger partial charge in [0.15, 0.2) is 0 Å². The summed E-state index contributed by atoms with van der Waals surface area (Å²) in [6.07, 6.45) is 0. The van der Waals surface area contributed by atoms with Crippen LogP contribution in [-0.4, -0.2) is 18.6 Å². The number of nitrogens with zero attached hydrogens (tertiary/aromatic N) is 1. The number of anilines is 2. The van der Waals surface area contributed by atoms with Gasteiger partial charge in [-0.15, -0.1) is 0 Å². The molecular formula is C12H15ClN4O2S. The number of rotatable bonds is 3. The maximum Gasteiger partial charge on any atom is 0.262 e. The predicted octanol–water partition coefficient (Wildman–Crippen LogP) is 2.37. The molecule has 0 fully saturated rings. The molecule has 1 aromatic carbocycles. The fourth-order valence-corrected chi connectivity index (χ4v) is 3.22. The van der Waals surface area contributed by atoms with Crippen molar-refractivity contribution in [3.63, 3.8) is 0 Å². The minimum absolute atomic E-state index is 0.0666. The smallest absolute Gasteiger partial charge is 0.262 e.